The predicted molar refractivity (Wildman–Crippen MR) is 37.8 cm³/mol. The first-order chi connectivity index (χ1) is 5.95. The molecule has 0 bridgehead atoms. The van der Waals surface area contributed by atoms with Gasteiger partial charge in [-0.1, -0.05) is 5.10 Å². The number of aromatic amines is 1. The number of H-pyrrole nitrogens is 1. The van der Waals surface area contributed by atoms with Crippen molar-refractivity contribution in [3.8, 4) is 0 Å². The molecule has 64 valence electrons. The Hall–Kier alpha value is -2.10. The molecule has 0 saturated heterocycles. The Bertz CT molecular complexity index is 259. The Labute approximate surface area is 66.1 Å². The normalized spacial score (nSPS) is 14.5. The van der Waals surface area contributed by atoms with Gasteiger partial charge in [0.25, 0.3) is 5.95 Å². The van der Waals surface area contributed by atoms with Crippen LogP contribution in [0.4, 0.5) is 5.95 Å². The average Bonchev–Trinajstić information content (AvgIpc) is 2.74. The first-order valence-corrected chi connectivity index (χ1v) is 3.04. The Balaban J connectivity index is 1.82. The van der Waals surface area contributed by atoms with Crippen molar-refractivity contribution in [2.45, 2.75) is 0 Å². The number of guanidine groups is 1. The monoisotopic (exact) mass is 170 g/mol. The summed E-state index contributed by atoms with van der Waals surface area (Å²) in [6.45, 7) is 0. The molecule has 2 rings (SSSR count). The standard InChI is InChI=1S/C2H6N10/c3(1-5-9-10-6-1)4-2-7-11-12-8-2/h9-10H,(H2,3,5,6)(H2,4,7,8,11,12). The van der Waals surface area contributed by atoms with Crippen LogP contribution in [0, 0.1) is 0 Å². The van der Waals surface area contributed by atoms with Crippen molar-refractivity contribution in [2.75, 3.05) is 5.43 Å². The van der Waals surface area contributed by atoms with Crippen LogP contribution < -0.4 is 27.3 Å². The van der Waals surface area contributed by atoms with Crippen LogP contribution >= 0.6 is 0 Å². The second-order valence-electron chi connectivity index (χ2n) is 1.81. The summed E-state index contributed by atoms with van der Waals surface area (Å²) in [6.07, 6.45) is 0. The third-order valence-electron chi connectivity index (χ3n) is 1.04. The van der Waals surface area contributed by atoms with E-state index in [2.05, 4.69) is 53.1 Å². The third-order valence-corrected chi connectivity index (χ3v) is 1.04. The second-order valence-corrected chi connectivity index (χ2v) is 1.81. The van der Waals surface area contributed by atoms with Crippen LogP contribution in [0.5, 0.6) is 0 Å². The van der Waals surface area contributed by atoms with Crippen molar-refractivity contribution in [1.82, 2.24) is 42.5 Å². The van der Waals surface area contributed by atoms with E-state index in [-0.39, 0.29) is 0 Å². The van der Waals surface area contributed by atoms with E-state index in [4.69, 9.17) is 0 Å². The summed E-state index contributed by atoms with van der Waals surface area (Å²) in [5, 5.41) is 16.6. The lowest BCUT2D eigenvalue weighted by molar-refractivity contribution is 0.575. The zero-order valence-corrected chi connectivity index (χ0v) is 5.79. The fourth-order valence-corrected chi connectivity index (χ4v) is 0.588. The van der Waals surface area contributed by atoms with Crippen molar-refractivity contribution in [3.63, 3.8) is 0 Å². The summed E-state index contributed by atoms with van der Waals surface area (Å²) < 4.78 is 0. The molecule has 0 aromatic carbocycles. The molecular weight excluding hydrogens is 164 g/mol. The number of hydrazine groups is 3. The molecule has 0 atom stereocenters. The lowest BCUT2D eigenvalue weighted by Crippen LogP contribution is -2.43. The van der Waals surface area contributed by atoms with Gasteiger partial charge in [0.05, 0.1) is 0 Å². The minimum absolute atomic E-state index is 0.325. The van der Waals surface area contributed by atoms with Gasteiger partial charge >= 0.3 is 0 Å². The van der Waals surface area contributed by atoms with Crippen molar-refractivity contribution >= 4 is 11.9 Å². The van der Waals surface area contributed by atoms with Gasteiger partial charge in [0, 0.05) is 0 Å². The maximum atomic E-state index is 3.72. The van der Waals surface area contributed by atoms with Crippen LogP contribution in [0.25, 0.3) is 0 Å². The van der Waals surface area contributed by atoms with Crippen LogP contribution in [0.1, 0.15) is 0 Å². The minimum Gasteiger partial charge on any atom is -0.270 e. The van der Waals surface area contributed by atoms with Crippen LogP contribution in [-0.2, 0) is 0 Å². The molecule has 1 aromatic heterocycles. The van der Waals surface area contributed by atoms with Gasteiger partial charge in [-0.2, -0.15) is 5.21 Å². The lowest BCUT2D eigenvalue weighted by atomic mass is 11.0. The van der Waals surface area contributed by atoms with E-state index < -0.39 is 0 Å². The molecule has 10 nitrogen and oxygen atoms in total. The van der Waals surface area contributed by atoms with Crippen LogP contribution in [0.3, 0.4) is 0 Å². The van der Waals surface area contributed by atoms with E-state index in [1.807, 2.05) is 0 Å². The Morgan fingerprint density at radius 2 is 2.25 bits per heavy atom. The zero-order valence-electron chi connectivity index (χ0n) is 5.79. The van der Waals surface area contributed by atoms with Gasteiger partial charge in [0.1, 0.15) is 0 Å². The SMILES string of the molecule is N1=C(NNc2nn[nH]n2)NNN1. The van der Waals surface area contributed by atoms with Crippen molar-refractivity contribution in [3.05, 3.63) is 0 Å². The Kier molecular flexibility index (Phi) is 1.58. The van der Waals surface area contributed by atoms with Gasteiger partial charge in [-0.05, 0) is 5.21 Å². The number of hydrogen-bond acceptors (Lipinski definition) is 9. The summed E-state index contributed by atoms with van der Waals surface area (Å²) in [4.78, 5) is 0. The first kappa shape index (κ1) is 6.60. The minimum atomic E-state index is 0.325. The highest BCUT2D eigenvalue weighted by atomic mass is 15.8. The number of nitrogens with zero attached hydrogens (tertiary/aromatic N) is 4. The fraction of sp³-hybridized carbons (Fsp3) is 0. The summed E-state index contributed by atoms with van der Waals surface area (Å²) in [5.74, 6) is 0.797. The van der Waals surface area contributed by atoms with E-state index in [1.54, 1.807) is 0 Å². The third kappa shape index (κ3) is 1.32. The molecule has 0 radical (unpaired) electrons. The zero-order chi connectivity index (χ0) is 8.23. The summed E-state index contributed by atoms with van der Waals surface area (Å²) >= 11 is 0. The molecule has 1 aliphatic heterocycles. The van der Waals surface area contributed by atoms with Gasteiger partial charge in [-0.3, -0.25) is 16.3 Å². The number of hydrazone groups is 1. The molecule has 2 heterocycles. The van der Waals surface area contributed by atoms with Gasteiger partial charge in [0.2, 0.25) is 5.96 Å². The van der Waals surface area contributed by atoms with E-state index in [1.165, 1.54) is 0 Å². The number of aromatic nitrogens is 4. The van der Waals surface area contributed by atoms with Crippen molar-refractivity contribution in [2.24, 2.45) is 5.10 Å². The molecule has 0 aliphatic carbocycles. The number of rotatable bonds is 2. The Morgan fingerprint density at radius 1 is 1.25 bits per heavy atom. The highest BCUT2D eigenvalue weighted by molar-refractivity contribution is 5.80. The van der Waals surface area contributed by atoms with E-state index in [0.29, 0.717) is 11.9 Å². The molecule has 10 heteroatoms. The first-order valence-electron chi connectivity index (χ1n) is 3.04. The quantitative estimate of drug-likeness (QED) is 0.259. The van der Waals surface area contributed by atoms with Crippen LogP contribution in [-0.4, -0.2) is 26.6 Å². The van der Waals surface area contributed by atoms with Gasteiger partial charge in [-0.25, -0.2) is 5.53 Å². The molecule has 0 saturated carbocycles. The predicted octanol–water partition coefficient (Wildman–Crippen LogP) is -3.00. The summed E-state index contributed by atoms with van der Waals surface area (Å²) in [6, 6.07) is 0. The second kappa shape index (κ2) is 2.87. The number of anilines is 1. The molecule has 1 aliphatic rings. The summed E-state index contributed by atoms with van der Waals surface area (Å²) in [7, 11) is 0. The lowest BCUT2D eigenvalue weighted by Gasteiger charge is -2.02. The van der Waals surface area contributed by atoms with Crippen LogP contribution in [0.2, 0.25) is 0 Å². The van der Waals surface area contributed by atoms with E-state index in [9.17, 15) is 0 Å². The maximum absolute atomic E-state index is 3.72. The average molecular weight is 170 g/mol. The van der Waals surface area contributed by atoms with Crippen molar-refractivity contribution < 1.29 is 0 Å². The maximum Gasteiger partial charge on any atom is 0.281 e. The van der Waals surface area contributed by atoms with Crippen molar-refractivity contribution in [1.29, 1.82) is 0 Å². The molecule has 0 spiro atoms. The Morgan fingerprint density at radius 3 is 2.92 bits per heavy atom. The molecule has 1 aromatic rings. The highest BCUT2D eigenvalue weighted by Gasteiger charge is 2.02. The highest BCUT2D eigenvalue weighted by Crippen LogP contribution is 1.84. The van der Waals surface area contributed by atoms with Gasteiger partial charge < -0.3 is 0 Å². The number of hydrogen-bond donors (Lipinski definition) is 6. The van der Waals surface area contributed by atoms with E-state index in [0.717, 1.165) is 0 Å². The number of nitrogens with one attached hydrogen (secondary N) is 6. The topological polar surface area (TPSA) is 127 Å². The number of tetrazole rings is 1. The molecule has 0 amide bonds. The molecule has 12 heavy (non-hydrogen) atoms. The summed E-state index contributed by atoms with van der Waals surface area (Å²) in [5.41, 5.74) is 12.9. The van der Waals surface area contributed by atoms with E-state index >= 15 is 0 Å². The molecule has 6 N–H and O–H groups in total. The fourth-order valence-electron chi connectivity index (χ4n) is 0.588. The molecule has 0 unspecified atom stereocenters. The smallest absolute Gasteiger partial charge is 0.270 e. The largest absolute Gasteiger partial charge is 0.281 e. The molecule has 0 fully saturated rings. The van der Waals surface area contributed by atoms with Gasteiger partial charge in [-0.15, -0.1) is 15.7 Å². The van der Waals surface area contributed by atoms with Crippen LogP contribution in [0.15, 0.2) is 5.10 Å². The molecular formula is C2H6N10. The van der Waals surface area contributed by atoms with Gasteiger partial charge in [0.15, 0.2) is 0 Å².